The van der Waals surface area contributed by atoms with Gasteiger partial charge in [-0.25, -0.2) is 4.52 Å². The summed E-state index contributed by atoms with van der Waals surface area (Å²) < 4.78 is 1.86. The fourth-order valence-electron chi connectivity index (χ4n) is 4.57. The van der Waals surface area contributed by atoms with Crippen molar-refractivity contribution in [2.75, 3.05) is 18.8 Å². The number of rotatable bonds is 8. The van der Waals surface area contributed by atoms with Crippen molar-refractivity contribution >= 4 is 22.9 Å². The molecule has 0 N–H and O–H groups in total. The molecule has 0 aromatic carbocycles. The predicted octanol–water partition coefficient (Wildman–Crippen LogP) is 6.61. The number of piperidine rings is 1. The van der Waals surface area contributed by atoms with Crippen LogP contribution in [0.1, 0.15) is 57.4 Å². The molecule has 0 spiro atoms. The van der Waals surface area contributed by atoms with Crippen molar-refractivity contribution in [2.45, 2.75) is 51.9 Å². The molecule has 0 aliphatic carbocycles. The highest BCUT2D eigenvalue weighted by Crippen LogP contribution is 2.30. The highest BCUT2D eigenvalue weighted by molar-refractivity contribution is 7.99. The molecule has 1 fully saturated rings. The molecular formula is C29H35N5S. The van der Waals surface area contributed by atoms with Crippen molar-refractivity contribution in [3.63, 3.8) is 0 Å². The molecule has 0 atom stereocenters. The van der Waals surface area contributed by atoms with Gasteiger partial charge >= 0.3 is 0 Å². The van der Waals surface area contributed by atoms with Crippen LogP contribution in [0.15, 0.2) is 65.6 Å². The van der Waals surface area contributed by atoms with Crippen molar-refractivity contribution < 1.29 is 0 Å². The van der Waals surface area contributed by atoms with E-state index in [1.165, 1.54) is 29.1 Å². The minimum atomic E-state index is 0.613. The molecule has 1 saturated heterocycles. The Hall–Kier alpha value is -3.04. The molecule has 4 heterocycles. The van der Waals surface area contributed by atoms with Crippen LogP contribution in [0.25, 0.3) is 11.1 Å². The molecule has 6 heteroatoms. The van der Waals surface area contributed by atoms with E-state index in [0.717, 1.165) is 41.9 Å². The van der Waals surface area contributed by atoms with Gasteiger partial charge in [0.1, 0.15) is 6.07 Å². The lowest BCUT2D eigenvalue weighted by Gasteiger charge is -2.34. The average molecular weight is 486 g/mol. The second kappa shape index (κ2) is 11.6. The third-order valence-electron chi connectivity index (χ3n) is 6.63. The van der Waals surface area contributed by atoms with Gasteiger partial charge in [0.2, 0.25) is 0 Å². The van der Waals surface area contributed by atoms with E-state index in [4.69, 9.17) is 0 Å². The first-order chi connectivity index (χ1) is 16.9. The fourth-order valence-corrected chi connectivity index (χ4v) is 5.47. The van der Waals surface area contributed by atoms with E-state index in [2.05, 4.69) is 79.1 Å². The number of likely N-dealkylation sites (tertiary alicyclic amines) is 1. The lowest BCUT2D eigenvalue weighted by molar-refractivity contribution is 0.225. The second-order valence-electron chi connectivity index (χ2n) is 9.87. The fraction of sp³-hybridized carbons (Fsp3) is 0.414. The van der Waals surface area contributed by atoms with E-state index in [0.29, 0.717) is 17.4 Å². The van der Waals surface area contributed by atoms with Crippen LogP contribution in [0.4, 0.5) is 0 Å². The number of nitrogens with zero attached hydrogens (tertiary/aromatic N) is 5. The van der Waals surface area contributed by atoms with Crippen LogP contribution in [0.2, 0.25) is 0 Å². The normalized spacial score (nSPS) is 15.7. The smallest absolute Gasteiger partial charge is 0.103 e. The Bertz CT molecular complexity index is 1240. The molecule has 0 amide bonds. The van der Waals surface area contributed by atoms with Crippen LogP contribution in [0.3, 0.4) is 0 Å². The number of thioether (sulfide) groups is 1. The summed E-state index contributed by atoms with van der Waals surface area (Å²) in [4.78, 5) is 8.17. The molecule has 5 nitrogen and oxygen atoms in total. The van der Waals surface area contributed by atoms with Gasteiger partial charge in [0.05, 0.1) is 17.3 Å². The average Bonchev–Trinajstić information content (AvgIpc) is 3.29. The van der Waals surface area contributed by atoms with E-state index in [-0.39, 0.29) is 0 Å². The van der Waals surface area contributed by atoms with Gasteiger partial charge in [-0.3, -0.25) is 4.98 Å². The Balaban J connectivity index is 1.48. The van der Waals surface area contributed by atoms with Crippen LogP contribution in [0.5, 0.6) is 0 Å². The van der Waals surface area contributed by atoms with Crippen LogP contribution >= 0.6 is 11.8 Å². The van der Waals surface area contributed by atoms with Gasteiger partial charge in [0.25, 0.3) is 0 Å². The molecule has 0 radical (unpaired) electrons. The van der Waals surface area contributed by atoms with Gasteiger partial charge < -0.3 is 4.90 Å². The Labute approximate surface area is 213 Å². The van der Waals surface area contributed by atoms with Crippen LogP contribution in [-0.4, -0.2) is 38.3 Å². The van der Waals surface area contributed by atoms with Gasteiger partial charge in [-0.1, -0.05) is 26.0 Å². The summed E-state index contributed by atoms with van der Waals surface area (Å²) in [7, 11) is 0. The van der Waals surface area contributed by atoms with E-state index in [1.807, 2.05) is 34.7 Å². The van der Waals surface area contributed by atoms with Crippen LogP contribution < -0.4 is 0 Å². The number of hydrogen-bond acceptors (Lipinski definition) is 5. The molecule has 3 aromatic heterocycles. The van der Waals surface area contributed by atoms with Gasteiger partial charge in [-0.2, -0.15) is 10.4 Å². The largest absolute Gasteiger partial charge is 0.375 e. The number of fused-ring (bicyclic) bond motifs is 1. The highest BCUT2D eigenvalue weighted by Gasteiger charge is 2.20. The number of nitriles is 1. The molecule has 0 bridgehead atoms. The molecule has 35 heavy (non-hydrogen) atoms. The maximum atomic E-state index is 9.63. The van der Waals surface area contributed by atoms with Crippen molar-refractivity contribution in [1.29, 1.82) is 5.26 Å². The summed E-state index contributed by atoms with van der Waals surface area (Å²) in [5, 5.41) is 14.1. The van der Waals surface area contributed by atoms with E-state index in [9.17, 15) is 5.26 Å². The molecule has 0 saturated carbocycles. The minimum Gasteiger partial charge on any atom is -0.375 e. The quantitative estimate of drug-likeness (QED) is 0.265. The van der Waals surface area contributed by atoms with E-state index >= 15 is 0 Å². The summed E-state index contributed by atoms with van der Waals surface area (Å²) in [6.45, 7) is 11.0. The summed E-state index contributed by atoms with van der Waals surface area (Å²) in [5.41, 5.74) is 6.21. The van der Waals surface area contributed by atoms with Crippen molar-refractivity contribution in [1.82, 2.24) is 19.5 Å². The van der Waals surface area contributed by atoms with Crippen molar-refractivity contribution in [3.8, 4) is 6.07 Å². The molecule has 0 unspecified atom stereocenters. The standard InChI is InChI=1S/C29H35N5S/c1-21(2)20-35-27-16-28(29-25(17-30)18-32-34(29)19-27)22(3)8-9-23(4)33-13-10-24(11-14-33)15-26-7-5-6-12-31-26/h5-9,12,16,18-19,21,24H,10-11,13-15,20H2,1-4H3/b22-8+,23-9+. The van der Waals surface area contributed by atoms with Crippen LogP contribution in [0, 0.1) is 23.2 Å². The molecule has 4 rings (SSSR count). The number of hydrogen-bond donors (Lipinski definition) is 0. The third-order valence-corrected chi connectivity index (χ3v) is 8.02. The Morgan fingerprint density at radius 3 is 2.71 bits per heavy atom. The summed E-state index contributed by atoms with van der Waals surface area (Å²) in [5.74, 6) is 2.37. The topological polar surface area (TPSA) is 57.2 Å². The monoisotopic (exact) mass is 485 g/mol. The van der Waals surface area contributed by atoms with Crippen molar-refractivity contribution in [2.24, 2.45) is 11.8 Å². The molecule has 1 aliphatic rings. The highest BCUT2D eigenvalue weighted by atomic mass is 32.2. The van der Waals surface area contributed by atoms with Gasteiger partial charge in [-0.05, 0) is 74.8 Å². The zero-order chi connectivity index (χ0) is 24.8. The lowest BCUT2D eigenvalue weighted by Crippen LogP contribution is -2.33. The first kappa shape index (κ1) is 25.1. The number of allylic oxidation sites excluding steroid dienone is 4. The molecule has 3 aromatic rings. The first-order valence-corrected chi connectivity index (χ1v) is 13.5. The van der Waals surface area contributed by atoms with Gasteiger partial charge in [0.15, 0.2) is 0 Å². The lowest BCUT2D eigenvalue weighted by atomic mass is 9.91. The summed E-state index contributed by atoms with van der Waals surface area (Å²) >= 11 is 1.84. The second-order valence-corrected chi connectivity index (χ2v) is 11.0. The van der Waals surface area contributed by atoms with Crippen molar-refractivity contribution in [3.05, 3.63) is 77.5 Å². The van der Waals surface area contributed by atoms with Crippen LogP contribution in [-0.2, 0) is 6.42 Å². The minimum absolute atomic E-state index is 0.613. The predicted molar refractivity (Wildman–Crippen MR) is 145 cm³/mol. The van der Waals surface area contributed by atoms with E-state index < -0.39 is 0 Å². The third kappa shape index (κ3) is 6.35. The molecular weight excluding hydrogens is 450 g/mol. The van der Waals surface area contributed by atoms with Gasteiger partial charge in [-0.15, -0.1) is 11.8 Å². The molecule has 182 valence electrons. The zero-order valence-electron chi connectivity index (χ0n) is 21.2. The zero-order valence-corrected chi connectivity index (χ0v) is 22.1. The van der Waals surface area contributed by atoms with Gasteiger partial charge in [0, 0.05) is 53.1 Å². The maximum Gasteiger partial charge on any atom is 0.103 e. The van der Waals surface area contributed by atoms with E-state index in [1.54, 1.807) is 6.20 Å². The number of pyridine rings is 2. The Morgan fingerprint density at radius 1 is 1.23 bits per heavy atom. The molecule has 1 aliphatic heterocycles. The summed E-state index contributed by atoms with van der Waals surface area (Å²) in [6, 6.07) is 10.7. The Kier molecular flexibility index (Phi) is 8.30. The number of aromatic nitrogens is 3. The SMILES string of the molecule is C/C(=C\C=C(/C)N1CCC(Cc2ccccn2)CC1)c1cc(SCC(C)C)cn2ncc(C#N)c12. The first-order valence-electron chi connectivity index (χ1n) is 12.5. The summed E-state index contributed by atoms with van der Waals surface area (Å²) in [6.07, 6.45) is 13.5. The maximum absolute atomic E-state index is 9.63. The Morgan fingerprint density at radius 2 is 2.03 bits per heavy atom.